The number of carbonyl (C=O) groups excluding carboxylic acids is 1. The molecular weight excluding hydrogens is 368 g/mol. The fourth-order valence-corrected chi connectivity index (χ4v) is 3.73. The first kappa shape index (κ1) is 19.4. The third kappa shape index (κ3) is 3.85. The lowest BCUT2D eigenvalue weighted by Gasteiger charge is -2.12. The monoisotopic (exact) mass is 394 g/mol. The Balaban J connectivity index is 1.44. The first-order valence-corrected chi connectivity index (χ1v) is 10.1. The number of pyridine rings is 1. The molecule has 3 aromatic rings. The van der Waals surface area contributed by atoms with Gasteiger partial charge < -0.3 is 10.4 Å². The topological polar surface area (TPSA) is 105 Å². The molecule has 29 heavy (non-hydrogen) atoms. The van der Waals surface area contributed by atoms with E-state index in [9.17, 15) is 9.90 Å². The molecule has 3 aromatic heterocycles. The summed E-state index contributed by atoms with van der Waals surface area (Å²) in [7, 11) is 0. The minimum atomic E-state index is -0.747. The van der Waals surface area contributed by atoms with Gasteiger partial charge in [-0.1, -0.05) is 13.8 Å². The number of nitrogens with zero attached hydrogens (tertiary/aromatic N) is 5. The summed E-state index contributed by atoms with van der Waals surface area (Å²) in [5.74, 6) is 1.02. The molecule has 1 amide bonds. The molecule has 0 spiro atoms. The van der Waals surface area contributed by atoms with E-state index in [2.05, 4.69) is 25.5 Å². The first-order chi connectivity index (χ1) is 13.9. The van der Waals surface area contributed by atoms with E-state index < -0.39 is 6.10 Å². The number of aryl methyl sites for hydroxylation is 2. The van der Waals surface area contributed by atoms with Gasteiger partial charge in [-0.3, -0.25) is 9.20 Å². The van der Waals surface area contributed by atoms with Crippen molar-refractivity contribution >= 4 is 11.6 Å². The van der Waals surface area contributed by atoms with Gasteiger partial charge in [0.25, 0.3) is 5.91 Å². The molecule has 0 bridgehead atoms. The molecule has 152 valence electrons. The molecular formula is C21H26N6O2. The normalized spacial score (nSPS) is 14.4. The maximum atomic E-state index is 12.6. The van der Waals surface area contributed by atoms with Crippen molar-refractivity contribution < 1.29 is 9.90 Å². The second-order valence-electron chi connectivity index (χ2n) is 7.90. The number of carbonyl (C=O) groups is 1. The highest BCUT2D eigenvalue weighted by molar-refractivity contribution is 5.94. The van der Waals surface area contributed by atoms with E-state index in [0.717, 1.165) is 36.5 Å². The molecule has 8 heteroatoms. The van der Waals surface area contributed by atoms with Crippen molar-refractivity contribution in [1.82, 2.24) is 29.9 Å². The Kier molecular flexibility index (Phi) is 5.27. The Morgan fingerprint density at radius 3 is 2.86 bits per heavy atom. The van der Waals surface area contributed by atoms with Crippen LogP contribution in [0.3, 0.4) is 0 Å². The van der Waals surface area contributed by atoms with Crippen LogP contribution >= 0.6 is 0 Å². The van der Waals surface area contributed by atoms with Crippen LogP contribution in [0.4, 0.5) is 0 Å². The highest BCUT2D eigenvalue weighted by atomic mass is 16.3. The molecule has 0 radical (unpaired) electrons. The number of rotatable bonds is 6. The third-order valence-electron chi connectivity index (χ3n) is 5.41. The number of hydrogen-bond acceptors (Lipinski definition) is 6. The smallest absolute Gasteiger partial charge is 0.252 e. The summed E-state index contributed by atoms with van der Waals surface area (Å²) in [6.07, 6.45) is 4.74. The van der Waals surface area contributed by atoms with Gasteiger partial charge in [-0.05, 0) is 49.8 Å². The van der Waals surface area contributed by atoms with E-state index >= 15 is 0 Å². The van der Waals surface area contributed by atoms with Gasteiger partial charge in [0.1, 0.15) is 11.9 Å². The van der Waals surface area contributed by atoms with E-state index in [1.165, 1.54) is 5.56 Å². The lowest BCUT2D eigenvalue weighted by Crippen LogP contribution is -2.26. The summed E-state index contributed by atoms with van der Waals surface area (Å²) in [6, 6.07) is 3.44. The van der Waals surface area contributed by atoms with Crippen LogP contribution in [0, 0.1) is 12.8 Å². The summed E-state index contributed by atoms with van der Waals surface area (Å²) in [5.41, 5.74) is 4.59. The molecule has 1 unspecified atom stereocenters. The standard InChI is InChI=1S/C21H26N6O2/c1-12(2)19(28)20-26-25-18-8-7-14(11-27(18)20)21(29)22-10-9-17-23-13(3)15-5-4-6-16(15)24-17/h7-8,11-12,19,28H,4-6,9-10H2,1-3H3,(H,22,29). The molecule has 0 aromatic carbocycles. The Hall–Kier alpha value is -2.87. The van der Waals surface area contributed by atoms with Crippen LogP contribution in [0.5, 0.6) is 0 Å². The highest BCUT2D eigenvalue weighted by Gasteiger charge is 2.20. The number of aromatic nitrogens is 5. The van der Waals surface area contributed by atoms with Gasteiger partial charge in [0.15, 0.2) is 11.5 Å². The fraction of sp³-hybridized carbons (Fsp3) is 0.476. The van der Waals surface area contributed by atoms with Crippen LogP contribution in [-0.2, 0) is 19.3 Å². The minimum absolute atomic E-state index is 0.00402. The zero-order valence-electron chi connectivity index (χ0n) is 17.0. The van der Waals surface area contributed by atoms with Crippen molar-refractivity contribution in [3.63, 3.8) is 0 Å². The summed E-state index contributed by atoms with van der Waals surface area (Å²) >= 11 is 0. The summed E-state index contributed by atoms with van der Waals surface area (Å²) < 4.78 is 1.67. The van der Waals surface area contributed by atoms with Crippen molar-refractivity contribution in [2.75, 3.05) is 6.54 Å². The number of amides is 1. The van der Waals surface area contributed by atoms with Gasteiger partial charge in [-0.15, -0.1) is 10.2 Å². The lowest BCUT2D eigenvalue weighted by molar-refractivity contribution is 0.0952. The van der Waals surface area contributed by atoms with Gasteiger partial charge in [0.2, 0.25) is 0 Å². The van der Waals surface area contributed by atoms with Crippen LogP contribution in [0.1, 0.15) is 65.3 Å². The Morgan fingerprint density at radius 2 is 2.07 bits per heavy atom. The summed E-state index contributed by atoms with van der Waals surface area (Å²) in [4.78, 5) is 21.8. The van der Waals surface area contributed by atoms with E-state index in [1.54, 1.807) is 22.7 Å². The van der Waals surface area contributed by atoms with Crippen molar-refractivity contribution in [2.45, 2.75) is 52.6 Å². The third-order valence-corrected chi connectivity index (χ3v) is 5.41. The molecule has 8 nitrogen and oxygen atoms in total. The van der Waals surface area contributed by atoms with Crippen LogP contribution in [-0.4, -0.2) is 42.1 Å². The number of nitrogens with one attached hydrogen (secondary N) is 1. The molecule has 0 saturated heterocycles. The number of aliphatic hydroxyl groups excluding tert-OH is 1. The van der Waals surface area contributed by atoms with E-state index in [-0.39, 0.29) is 11.8 Å². The molecule has 0 fully saturated rings. The fourth-order valence-electron chi connectivity index (χ4n) is 3.73. The summed E-state index contributed by atoms with van der Waals surface area (Å²) in [5, 5.41) is 21.4. The minimum Gasteiger partial charge on any atom is -0.385 e. The van der Waals surface area contributed by atoms with Crippen molar-refractivity contribution in [1.29, 1.82) is 0 Å². The van der Waals surface area contributed by atoms with E-state index in [0.29, 0.717) is 30.0 Å². The van der Waals surface area contributed by atoms with Crippen LogP contribution in [0.2, 0.25) is 0 Å². The average molecular weight is 394 g/mol. The molecule has 1 aliphatic rings. The highest BCUT2D eigenvalue weighted by Crippen LogP contribution is 2.22. The quantitative estimate of drug-likeness (QED) is 0.662. The van der Waals surface area contributed by atoms with Gasteiger partial charge in [-0.25, -0.2) is 9.97 Å². The van der Waals surface area contributed by atoms with Gasteiger partial charge in [-0.2, -0.15) is 0 Å². The predicted molar refractivity (Wildman–Crippen MR) is 108 cm³/mol. The molecule has 1 atom stereocenters. The molecule has 1 aliphatic carbocycles. The van der Waals surface area contributed by atoms with E-state index in [4.69, 9.17) is 0 Å². The van der Waals surface area contributed by atoms with Gasteiger partial charge in [0, 0.05) is 30.6 Å². The number of aliphatic hydroxyl groups is 1. The Bertz CT molecular complexity index is 1060. The van der Waals surface area contributed by atoms with Gasteiger partial charge in [0.05, 0.1) is 5.56 Å². The molecule has 2 N–H and O–H groups in total. The molecule has 4 rings (SSSR count). The number of fused-ring (bicyclic) bond motifs is 2. The SMILES string of the molecule is Cc1nc(CCNC(=O)c2ccc3nnc(C(O)C(C)C)n3c2)nc2c1CCC2. The Morgan fingerprint density at radius 1 is 1.24 bits per heavy atom. The maximum absolute atomic E-state index is 12.6. The van der Waals surface area contributed by atoms with Crippen molar-refractivity contribution in [3.05, 3.63) is 52.5 Å². The lowest BCUT2D eigenvalue weighted by atomic mass is 10.1. The molecule has 0 saturated carbocycles. The molecule has 0 aliphatic heterocycles. The van der Waals surface area contributed by atoms with Crippen molar-refractivity contribution in [2.24, 2.45) is 5.92 Å². The first-order valence-electron chi connectivity index (χ1n) is 10.1. The predicted octanol–water partition coefficient (Wildman–Crippen LogP) is 1.98. The van der Waals surface area contributed by atoms with Crippen LogP contribution in [0.15, 0.2) is 18.3 Å². The second kappa shape index (κ2) is 7.87. The summed E-state index contributed by atoms with van der Waals surface area (Å²) in [6.45, 7) is 6.31. The van der Waals surface area contributed by atoms with Crippen LogP contribution in [0.25, 0.3) is 5.65 Å². The van der Waals surface area contributed by atoms with E-state index in [1.807, 2.05) is 20.8 Å². The molecule has 3 heterocycles. The zero-order chi connectivity index (χ0) is 20.5. The van der Waals surface area contributed by atoms with Crippen LogP contribution < -0.4 is 5.32 Å². The van der Waals surface area contributed by atoms with Gasteiger partial charge >= 0.3 is 0 Å². The Labute approximate surface area is 169 Å². The second-order valence-corrected chi connectivity index (χ2v) is 7.90. The zero-order valence-corrected chi connectivity index (χ0v) is 17.0. The van der Waals surface area contributed by atoms with Crippen molar-refractivity contribution in [3.8, 4) is 0 Å². The average Bonchev–Trinajstić information content (AvgIpc) is 3.33. The maximum Gasteiger partial charge on any atom is 0.252 e. The largest absolute Gasteiger partial charge is 0.385 e. The number of hydrogen-bond donors (Lipinski definition) is 2.